The van der Waals surface area contributed by atoms with Crippen molar-refractivity contribution in [1.82, 2.24) is 10.6 Å². The predicted octanol–water partition coefficient (Wildman–Crippen LogP) is 1.10. The molecule has 6 nitrogen and oxygen atoms in total. The maximum absolute atomic E-state index is 12.7. The number of halogens is 3. The van der Waals surface area contributed by atoms with Gasteiger partial charge in [-0.15, -0.1) is 0 Å². The molecular formula is C15H15F3N2O4. The molecule has 0 spiro atoms. The number of alkyl halides is 3. The smallest absolute Gasteiger partial charge is 0.416 e. The third-order valence-corrected chi connectivity index (χ3v) is 3.62. The topological polar surface area (TPSA) is 95.5 Å². The Hall–Kier alpha value is -2.58. The first-order valence-electron chi connectivity index (χ1n) is 7.15. The summed E-state index contributed by atoms with van der Waals surface area (Å²) < 4.78 is 38.1. The lowest BCUT2D eigenvalue weighted by molar-refractivity contribution is -0.142. The number of hydrogen-bond donors (Lipinski definition) is 3. The molecule has 0 radical (unpaired) electrons. The molecule has 3 N–H and O–H groups in total. The largest absolute Gasteiger partial charge is 0.480 e. The Morgan fingerprint density at radius 3 is 2.62 bits per heavy atom. The third kappa shape index (κ3) is 4.46. The molecule has 24 heavy (non-hydrogen) atoms. The van der Waals surface area contributed by atoms with E-state index in [-0.39, 0.29) is 30.7 Å². The zero-order valence-corrected chi connectivity index (χ0v) is 12.4. The van der Waals surface area contributed by atoms with Crippen molar-refractivity contribution in [2.45, 2.75) is 37.5 Å². The van der Waals surface area contributed by atoms with Crippen molar-refractivity contribution >= 4 is 17.8 Å². The summed E-state index contributed by atoms with van der Waals surface area (Å²) in [6, 6.07) is 2.05. The molecule has 1 heterocycles. The molecule has 1 fully saturated rings. The summed E-state index contributed by atoms with van der Waals surface area (Å²) in [5.74, 6) is -2.34. The maximum Gasteiger partial charge on any atom is 0.416 e. The summed E-state index contributed by atoms with van der Waals surface area (Å²) in [6.07, 6.45) is -4.41. The van der Waals surface area contributed by atoms with Crippen molar-refractivity contribution in [2.75, 3.05) is 0 Å². The van der Waals surface area contributed by atoms with Crippen molar-refractivity contribution in [3.63, 3.8) is 0 Å². The van der Waals surface area contributed by atoms with Crippen LogP contribution in [0.25, 0.3) is 0 Å². The van der Waals surface area contributed by atoms with Gasteiger partial charge in [-0.25, -0.2) is 4.79 Å². The number of carbonyl (C=O) groups excluding carboxylic acids is 2. The van der Waals surface area contributed by atoms with E-state index in [1.54, 1.807) is 0 Å². The fourth-order valence-electron chi connectivity index (χ4n) is 2.39. The van der Waals surface area contributed by atoms with Crippen LogP contribution in [0.3, 0.4) is 0 Å². The monoisotopic (exact) mass is 344 g/mol. The first-order chi connectivity index (χ1) is 11.2. The Morgan fingerprint density at radius 1 is 1.38 bits per heavy atom. The van der Waals surface area contributed by atoms with Gasteiger partial charge in [0, 0.05) is 12.8 Å². The Bertz CT molecular complexity index is 660. The number of carbonyl (C=O) groups is 3. The van der Waals surface area contributed by atoms with E-state index < -0.39 is 35.7 Å². The van der Waals surface area contributed by atoms with E-state index in [9.17, 15) is 32.7 Å². The summed E-state index contributed by atoms with van der Waals surface area (Å²) in [5.41, 5.74) is -0.758. The summed E-state index contributed by atoms with van der Waals surface area (Å²) in [7, 11) is 0. The van der Waals surface area contributed by atoms with Crippen LogP contribution in [0.5, 0.6) is 0 Å². The number of benzene rings is 1. The molecule has 9 heteroatoms. The number of nitrogens with one attached hydrogen (secondary N) is 2. The van der Waals surface area contributed by atoms with E-state index in [4.69, 9.17) is 0 Å². The molecule has 2 atom stereocenters. The second-order valence-electron chi connectivity index (χ2n) is 5.46. The number of amides is 2. The summed E-state index contributed by atoms with van der Waals surface area (Å²) in [4.78, 5) is 34.3. The highest BCUT2D eigenvalue weighted by molar-refractivity contribution is 5.92. The average molecular weight is 344 g/mol. The van der Waals surface area contributed by atoms with Gasteiger partial charge in [-0.2, -0.15) is 13.2 Å². The highest BCUT2D eigenvalue weighted by atomic mass is 19.4. The van der Waals surface area contributed by atoms with Crippen molar-refractivity contribution in [2.24, 2.45) is 0 Å². The lowest BCUT2D eigenvalue weighted by Gasteiger charge is -2.18. The molecule has 1 aromatic rings. The SMILES string of the molecule is O=C1CC[C@H](C(=O)N[C@@H](Cc2cccc(C(F)(F)F)c2)C(=O)O)N1. The molecule has 1 saturated heterocycles. The van der Waals surface area contributed by atoms with E-state index in [0.29, 0.717) is 0 Å². The average Bonchev–Trinajstić information content (AvgIpc) is 2.92. The van der Waals surface area contributed by atoms with E-state index >= 15 is 0 Å². The highest BCUT2D eigenvalue weighted by Gasteiger charge is 2.32. The second kappa shape index (κ2) is 6.90. The number of carboxylic acid groups (broad SMARTS) is 1. The summed E-state index contributed by atoms with van der Waals surface area (Å²) >= 11 is 0. The van der Waals surface area contributed by atoms with Gasteiger partial charge in [0.05, 0.1) is 5.56 Å². The molecule has 130 valence electrons. The summed E-state index contributed by atoms with van der Waals surface area (Å²) in [5, 5.41) is 13.8. The molecule has 0 unspecified atom stereocenters. The number of carboxylic acids is 1. The van der Waals surface area contributed by atoms with Crippen LogP contribution in [-0.4, -0.2) is 35.0 Å². The number of hydrogen-bond acceptors (Lipinski definition) is 3. The van der Waals surface area contributed by atoms with Gasteiger partial charge in [-0.3, -0.25) is 9.59 Å². The molecule has 0 saturated carbocycles. The molecule has 1 aliphatic rings. The molecule has 2 amide bonds. The van der Waals surface area contributed by atoms with E-state index in [2.05, 4.69) is 10.6 Å². The minimum absolute atomic E-state index is 0.132. The van der Waals surface area contributed by atoms with Crippen molar-refractivity contribution < 1.29 is 32.7 Å². The molecule has 0 aromatic heterocycles. The van der Waals surface area contributed by atoms with Crippen LogP contribution in [0, 0.1) is 0 Å². The zero-order chi connectivity index (χ0) is 17.9. The van der Waals surface area contributed by atoms with Gasteiger partial charge in [0.15, 0.2) is 0 Å². The molecule has 1 aliphatic heterocycles. The maximum atomic E-state index is 12.7. The lowest BCUT2D eigenvalue weighted by atomic mass is 10.0. The predicted molar refractivity (Wildman–Crippen MR) is 75.9 cm³/mol. The second-order valence-corrected chi connectivity index (χ2v) is 5.46. The molecule has 1 aromatic carbocycles. The van der Waals surface area contributed by atoms with Crippen LogP contribution in [0.1, 0.15) is 24.0 Å². The van der Waals surface area contributed by atoms with E-state index in [1.165, 1.54) is 12.1 Å². The minimum Gasteiger partial charge on any atom is -0.480 e. The Morgan fingerprint density at radius 2 is 2.08 bits per heavy atom. The van der Waals surface area contributed by atoms with Crippen LogP contribution in [0.15, 0.2) is 24.3 Å². The first-order valence-corrected chi connectivity index (χ1v) is 7.15. The van der Waals surface area contributed by atoms with Gasteiger partial charge in [-0.05, 0) is 18.1 Å². The van der Waals surface area contributed by atoms with Gasteiger partial charge in [0.2, 0.25) is 11.8 Å². The number of aliphatic carboxylic acids is 1. The quantitative estimate of drug-likeness (QED) is 0.745. The van der Waals surface area contributed by atoms with E-state index in [1.807, 2.05) is 0 Å². The van der Waals surface area contributed by atoms with Crippen molar-refractivity contribution in [3.05, 3.63) is 35.4 Å². The third-order valence-electron chi connectivity index (χ3n) is 3.62. The fraction of sp³-hybridized carbons (Fsp3) is 0.400. The number of rotatable bonds is 5. The Labute approximate surface area is 135 Å². The van der Waals surface area contributed by atoms with E-state index in [0.717, 1.165) is 12.1 Å². The van der Waals surface area contributed by atoms with Crippen molar-refractivity contribution in [1.29, 1.82) is 0 Å². The lowest BCUT2D eigenvalue weighted by Crippen LogP contribution is -2.49. The molecule has 0 bridgehead atoms. The molecule has 2 rings (SSSR count). The van der Waals surface area contributed by atoms with Gasteiger partial charge in [-0.1, -0.05) is 18.2 Å². The highest BCUT2D eigenvalue weighted by Crippen LogP contribution is 2.29. The van der Waals surface area contributed by atoms with Crippen LogP contribution in [0.2, 0.25) is 0 Å². The van der Waals surface area contributed by atoms with Crippen LogP contribution in [-0.2, 0) is 27.0 Å². The zero-order valence-electron chi connectivity index (χ0n) is 12.4. The molecule has 0 aliphatic carbocycles. The van der Waals surface area contributed by atoms with Crippen LogP contribution in [0.4, 0.5) is 13.2 Å². The Balaban J connectivity index is 2.07. The standard InChI is InChI=1S/C15H15F3N2O4/c16-15(17,18)9-3-1-2-8(6-9)7-11(14(23)24)20-13(22)10-4-5-12(21)19-10/h1-3,6,10-11H,4-5,7H2,(H,19,21)(H,20,22)(H,23,24)/t10-,11+/m1/s1. The van der Waals surface area contributed by atoms with Gasteiger partial charge in [0.25, 0.3) is 0 Å². The normalized spacial score (nSPS) is 18.8. The summed E-state index contributed by atoms with van der Waals surface area (Å²) in [6.45, 7) is 0. The van der Waals surface area contributed by atoms with Crippen LogP contribution >= 0.6 is 0 Å². The molecular weight excluding hydrogens is 329 g/mol. The van der Waals surface area contributed by atoms with Crippen LogP contribution < -0.4 is 10.6 Å². The van der Waals surface area contributed by atoms with Crippen molar-refractivity contribution in [3.8, 4) is 0 Å². The van der Waals surface area contributed by atoms with Gasteiger partial charge in [0.1, 0.15) is 12.1 Å². The van der Waals surface area contributed by atoms with Gasteiger partial charge >= 0.3 is 12.1 Å². The Kier molecular flexibility index (Phi) is 5.10. The first kappa shape index (κ1) is 17.8. The fourth-order valence-corrected chi connectivity index (χ4v) is 2.39. The van der Waals surface area contributed by atoms with Gasteiger partial charge < -0.3 is 15.7 Å². The minimum atomic E-state index is -4.54.